The Bertz CT molecular complexity index is 1060. The van der Waals surface area contributed by atoms with Gasteiger partial charge in [0, 0.05) is 38.3 Å². The maximum Gasteiger partial charge on any atom is 0.262 e. The molecule has 3 aromatic heterocycles. The van der Waals surface area contributed by atoms with Gasteiger partial charge in [0.05, 0.1) is 7.11 Å². The Balaban J connectivity index is 1.54. The molecule has 144 valence electrons. The lowest BCUT2D eigenvalue weighted by atomic mass is 9.97. The van der Waals surface area contributed by atoms with Gasteiger partial charge >= 0.3 is 0 Å². The Morgan fingerprint density at radius 1 is 1.19 bits per heavy atom. The molecular formula is C16H21N7O3S. The number of nitrogens with zero attached hydrogens (tertiary/aromatic N) is 7. The minimum atomic E-state index is -3.59. The summed E-state index contributed by atoms with van der Waals surface area (Å²) in [5.41, 5.74) is 0.643. The molecule has 1 saturated heterocycles. The van der Waals surface area contributed by atoms with Crippen LogP contribution in [0.1, 0.15) is 30.4 Å². The Hall–Kier alpha value is -2.53. The first-order chi connectivity index (χ1) is 12.9. The van der Waals surface area contributed by atoms with Crippen molar-refractivity contribution in [1.82, 2.24) is 33.7 Å². The van der Waals surface area contributed by atoms with E-state index >= 15 is 0 Å². The van der Waals surface area contributed by atoms with Crippen LogP contribution in [0.5, 0.6) is 5.88 Å². The summed E-state index contributed by atoms with van der Waals surface area (Å²) < 4.78 is 35.7. The highest BCUT2D eigenvalue weighted by Gasteiger charge is 2.33. The molecule has 1 aliphatic heterocycles. The first kappa shape index (κ1) is 17.9. The van der Waals surface area contributed by atoms with Gasteiger partial charge in [0.25, 0.3) is 10.0 Å². The predicted molar refractivity (Wildman–Crippen MR) is 96.0 cm³/mol. The molecular weight excluding hydrogens is 370 g/mol. The molecule has 0 radical (unpaired) electrons. The second-order valence-electron chi connectivity index (χ2n) is 6.62. The third-order valence-corrected chi connectivity index (χ3v) is 6.75. The Morgan fingerprint density at radius 3 is 2.56 bits per heavy atom. The van der Waals surface area contributed by atoms with Crippen molar-refractivity contribution >= 4 is 15.7 Å². The van der Waals surface area contributed by atoms with Crippen molar-refractivity contribution in [2.75, 3.05) is 20.2 Å². The van der Waals surface area contributed by atoms with Crippen LogP contribution in [0.4, 0.5) is 0 Å². The van der Waals surface area contributed by atoms with Gasteiger partial charge in [0.15, 0.2) is 16.5 Å². The molecule has 4 rings (SSSR count). The van der Waals surface area contributed by atoms with E-state index in [1.165, 1.54) is 4.31 Å². The summed E-state index contributed by atoms with van der Waals surface area (Å²) in [4.78, 5) is 4.17. The van der Waals surface area contributed by atoms with Crippen molar-refractivity contribution in [2.45, 2.75) is 30.7 Å². The molecule has 0 N–H and O–H groups in total. The fraction of sp³-hybridized carbons (Fsp3) is 0.500. The second kappa shape index (κ2) is 6.57. The third-order valence-electron chi connectivity index (χ3n) is 4.98. The number of aryl methyl sites for hydroxylation is 2. The largest absolute Gasteiger partial charge is 0.480 e. The van der Waals surface area contributed by atoms with E-state index in [1.54, 1.807) is 48.5 Å². The number of rotatable bonds is 4. The summed E-state index contributed by atoms with van der Waals surface area (Å²) in [5, 5.41) is 12.9. The highest BCUT2D eigenvalue weighted by molar-refractivity contribution is 7.89. The number of ether oxygens (including phenoxy) is 1. The maximum absolute atomic E-state index is 12.8. The number of fused-ring (bicyclic) bond motifs is 1. The quantitative estimate of drug-likeness (QED) is 0.645. The van der Waals surface area contributed by atoms with Crippen LogP contribution in [0.2, 0.25) is 0 Å². The molecule has 0 saturated carbocycles. The average Bonchev–Trinajstić information content (AvgIpc) is 3.25. The molecule has 0 unspecified atom stereocenters. The Kier molecular flexibility index (Phi) is 4.35. The second-order valence-corrected chi connectivity index (χ2v) is 8.50. The highest BCUT2D eigenvalue weighted by atomic mass is 32.2. The van der Waals surface area contributed by atoms with Gasteiger partial charge in [-0.25, -0.2) is 13.4 Å². The number of methoxy groups -OCH3 is 1. The Morgan fingerprint density at radius 2 is 1.93 bits per heavy atom. The molecule has 10 nitrogen and oxygen atoms in total. The molecule has 3 aromatic rings. The minimum absolute atomic E-state index is 0.0801. The van der Waals surface area contributed by atoms with Crippen LogP contribution in [0, 0.1) is 6.92 Å². The van der Waals surface area contributed by atoms with Gasteiger partial charge in [-0.3, -0.25) is 0 Å². The van der Waals surface area contributed by atoms with E-state index in [0.29, 0.717) is 43.3 Å². The van der Waals surface area contributed by atoms with Gasteiger partial charge in [0.1, 0.15) is 5.82 Å². The molecule has 0 atom stereocenters. The van der Waals surface area contributed by atoms with E-state index in [-0.39, 0.29) is 10.9 Å². The molecule has 0 spiro atoms. The van der Waals surface area contributed by atoms with E-state index in [9.17, 15) is 8.42 Å². The molecule has 4 heterocycles. The van der Waals surface area contributed by atoms with Crippen molar-refractivity contribution in [3.63, 3.8) is 0 Å². The van der Waals surface area contributed by atoms with Crippen molar-refractivity contribution < 1.29 is 13.2 Å². The molecule has 1 fully saturated rings. The van der Waals surface area contributed by atoms with E-state index in [2.05, 4.69) is 20.3 Å². The van der Waals surface area contributed by atoms with Gasteiger partial charge in [-0.2, -0.15) is 8.82 Å². The molecule has 11 heteroatoms. The molecule has 0 bridgehead atoms. The SMILES string of the molecule is COc1ccc2nnc(C3CCN(S(=O)(=O)c4cn(C)c(C)n4)CC3)n2n1. The summed E-state index contributed by atoms with van der Waals surface area (Å²) in [7, 11) is -0.247. The lowest BCUT2D eigenvalue weighted by molar-refractivity contribution is 0.309. The van der Waals surface area contributed by atoms with Crippen LogP contribution in [-0.2, 0) is 17.1 Å². The van der Waals surface area contributed by atoms with Crippen molar-refractivity contribution in [3.05, 3.63) is 30.0 Å². The van der Waals surface area contributed by atoms with Crippen LogP contribution < -0.4 is 4.74 Å². The van der Waals surface area contributed by atoms with Crippen molar-refractivity contribution in [2.24, 2.45) is 7.05 Å². The fourth-order valence-electron chi connectivity index (χ4n) is 3.29. The van der Waals surface area contributed by atoms with E-state index in [0.717, 1.165) is 5.82 Å². The monoisotopic (exact) mass is 391 g/mol. The number of hydrogen-bond acceptors (Lipinski definition) is 7. The number of hydrogen-bond donors (Lipinski definition) is 0. The Labute approximate surface area is 156 Å². The van der Waals surface area contributed by atoms with E-state index in [4.69, 9.17) is 4.74 Å². The maximum atomic E-state index is 12.8. The topological polar surface area (TPSA) is 108 Å². The molecule has 27 heavy (non-hydrogen) atoms. The third kappa shape index (κ3) is 3.06. The normalized spacial score (nSPS) is 16.9. The number of piperidine rings is 1. The summed E-state index contributed by atoms with van der Waals surface area (Å²) >= 11 is 0. The fourth-order valence-corrected chi connectivity index (χ4v) is 4.78. The summed E-state index contributed by atoms with van der Waals surface area (Å²) in [6.45, 7) is 2.59. The smallest absolute Gasteiger partial charge is 0.262 e. The van der Waals surface area contributed by atoms with Gasteiger partial charge in [-0.1, -0.05) is 0 Å². The average molecular weight is 391 g/mol. The zero-order valence-corrected chi connectivity index (χ0v) is 16.2. The van der Waals surface area contributed by atoms with Crippen LogP contribution in [0.15, 0.2) is 23.4 Å². The zero-order chi connectivity index (χ0) is 19.2. The van der Waals surface area contributed by atoms with Gasteiger partial charge in [-0.15, -0.1) is 15.3 Å². The van der Waals surface area contributed by atoms with Crippen molar-refractivity contribution in [1.29, 1.82) is 0 Å². The lowest BCUT2D eigenvalue weighted by Crippen LogP contribution is -2.38. The standard InChI is InChI=1S/C16H21N7O3S/c1-11-17-15(10-21(11)2)27(24,25)22-8-6-12(7-9-22)16-19-18-13-4-5-14(26-3)20-23(13)16/h4-5,10,12H,6-9H2,1-3H3. The lowest BCUT2D eigenvalue weighted by Gasteiger charge is -2.29. The van der Waals surface area contributed by atoms with Crippen LogP contribution in [0.3, 0.4) is 0 Å². The number of aromatic nitrogens is 6. The number of sulfonamides is 1. The van der Waals surface area contributed by atoms with Crippen molar-refractivity contribution in [3.8, 4) is 5.88 Å². The van der Waals surface area contributed by atoms with Crippen LogP contribution >= 0.6 is 0 Å². The molecule has 1 aliphatic rings. The summed E-state index contributed by atoms with van der Waals surface area (Å²) in [5.74, 6) is 1.96. The van der Waals surface area contributed by atoms with Gasteiger partial charge in [0.2, 0.25) is 5.88 Å². The first-order valence-electron chi connectivity index (χ1n) is 8.66. The molecule has 0 amide bonds. The minimum Gasteiger partial charge on any atom is -0.480 e. The predicted octanol–water partition coefficient (Wildman–Crippen LogP) is 0.743. The van der Waals surface area contributed by atoms with Crippen LogP contribution in [-0.4, -0.2) is 62.3 Å². The zero-order valence-electron chi connectivity index (χ0n) is 15.4. The molecule has 0 aromatic carbocycles. The summed E-state index contributed by atoms with van der Waals surface area (Å²) in [6, 6.07) is 3.53. The number of imidazole rings is 1. The van der Waals surface area contributed by atoms with Gasteiger partial charge in [-0.05, 0) is 25.8 Å². The first-order valence-corrected chi connectivity index (χ1v) is 10.1. The summed E-state index contributed by atoms with van der Waals surface area (Å²) in [6.07, 6.45) is 2.84. The van der Waals surface area contributed by atoms with E-state index in [1.807, 2.05) is 0 Å². The molecule has 0 aliphatic carbocycles. The van der Waals surface area contributed by atoms with Crippen LogP contribution in [0.25, 0.3) is 5.65 Å². The van der Waals surface area contributed by atoms with Gasteiger partial charge < -0.3 is 9.30 Å². The highest BCUT2D eigenvalue weighted by Crippen LogP contribution is 2.30. The van der Waals surface area contributed by atoms with E-state index < -0.39 is 10.0 Å².